The van der Waals surface area contributed by atoms with E-state index < -0.39 is 0 Å². The lowest BCUT2D eigenvalue weighted by atomic mass is 9.96. The molecule has 0 fully saturated rings. The summed E-state index contributed by atoms with van der Waals surface area (Å²) in [6.45, 7) is 11.0. The Bertz CT molecular complexity index is 419. The first-order valence-electron chi connectivity index (χ1n) is 5.82. The van der Waals surface area contributed by atoms with Crippen LogP contribution in [0.4, 0.5) is 0 Å². The molecular weight excluding hydrogens is 212 g/mol. The van der Waals surface area contributed by atoms with Crippen molar-refractivity contribution in [1.82, 2.24) is 0 Å². The number of aryl methyl sites for hydroxylation is 1. The third kappa shape index (κ3) is 3.82. The average Bonchev–Trinajstić information content (AvgIpc) is 2.29. The molecule has 0 aromatic heterocycles. The summed E-state index contributed by atoms with van der Waals surface area (Å²) in [6, 6.07) is 3.86. The lowest BCUT2D eigenvalue weighted by Gasteiger charge is -2.11. The first-order valence-corrected chi connectivity index (χ1v) is 5.82. The fraction of sp³-hybridized carbons (Fsp3) is 0.400. The summed E-state index contributed by atoms with van der Waals surface area (Å²) in [6.07, 6.45) is 1.69. The highest BCUT2D eigenvalue weighted by Crippen LogP contribution is 2.17. The maximum Gasteiger partial charge on any atom is 0.150 e. The highest BCUT2D eigenvalue weighted by atomic mass is 16.5. The van der Waals surface area contributed by atoms with E-state index in [0.717, 1.165) is 29.4 Å². The number of carbonyl (C=O) groups excluding carboxylic acids is 1. The second-order valence-corrected chi connectivity index (χ2v) is 4.45. The van der Waals surface area contributed by atoms with Gasteiger partial charge in [-0.1, -0.05) is 24.3 Å². The Balaban J connectivity index is 2.72. The van der Waals surface area contributed by atoms with E-state index >= 15 is 0 Å². The van der Waals surface area contributed by atoms with Crippen LogP contribution in [0.3, 0.4) is 0 Å². The molecule has 1 rings (SSSR count). The Morgan fingerprint density at radius 1 is 1.41 bits per heavy atom. The Labute approximate surface area is 103 Å². The molecule has 92 valence electrons. The van der Waals surface area contributed by atoms with Crippen LogP contribution in [0.5, 0.6) is 0 Å². The predicted molar refractivity (Wildman–Crippen MR) is 70.6 cm³/mol. The minimum absolute atomic E-state index is 0.585. The van der Waals surface area contributed by atoms with Crippen LogP contribution in [0.1, 0.15) is 34.0 Å². The Morgan fingerprint density at radius 2 is 2.12 bits per heavy atom. The molecular formula is C15H20O2. The molecule has 0 atom stereocenters. The lowest BCUT2D eigenvalue weighted by Crippen LogP contribution is -2.05. The number of benzene rings is 1. The zero-order chi connectivity index (χ0) is 12.8. The molecule has 17 heavy (non-hydrogen) atoms. The van der Waals surface area contributed by atoms with Crippen molar-refractivity contribution in [2.75, 3.05) is 13.2 Å². The fourth-order valence-corrected chi connectivity index (χ4v) is 1.76. The average molecular weight is 232 g/mol. The molecule has 0 spiro atoms. The van der Waals surface area contributed by atoms with E-state index in [4.69, 9.17) is 4.74 Å². The summed E-state index contributed by atoms with van der Waals surface area (Å²) >= 11 is 0. The third-order valence-corrected chi connectivity index (χ3v) is 2.88. The molecule has 2 heteroatoms. The van der Waals surface area contributed by atoms with Crippen molar-refractivity contribution in [3.8, 4) is 0 Å². The van der Waals surface area contributed by atoms with Gasteiger partial charge in [-0.05, 0) is 43.9 Å². The van der Waals surface area contributed by atoms with Crippen LogP contribution < -0.4 is 0 Å². The molecule has 0 bridgehead atoms. The molecule has 0 aliphatic heterocycles. The van der Waals surface area contributed by atoms with Crippen LogP contribution in [-0.4, -0.2) is 19.5 Å². The van der Waals surface area contributed by atoms with Crippen molar-refractivity contribution >= 4 is 6.29 Å². The Morgan fingerprint density at radius 3 is 2.71 bits per heavy atom. The van der Waals surface area contributed by atoms with E-state index in [1.165, 1.54) is 11.1 Å². The molecule has 1 aromatic carbocycles. The van der Waals surface area contributed by atoms with Gasteiger partial charge in [0.2, 0.25) is 0 Å². The van der Waals surface area contributed by atoms with Crippen molar-refractivity contribution in [3.05, 3.63) is 46.5 Å². The molecule has 0 saturated heterocycles. The van der Waals surface area contributed by atoms with Gasteiger partial charge in [0, 0.05) is 5.56 Å². The van der Waals surface area contributed by atoms with Gasteiger partial charge in [0.25, 0.3) is 0 Å². The third-order valence-electron chi connectivity index (χ3n) is 2.88. The van der Waals surface area contributed by atoms with Gasteiger partial charge in [0.1, 0.15) is 6.29 Å². The minimum atomic E-state index is 0.585. The maximum atomic E-state index is 11.0. The molecule has 0 aliphatic rings. The molecule has 2 nitrogen and oxygen atoms in total. The highest BCUT2D eigenvalue weighted by molar-refractivity contribution is 5.78. The molecule has 1 aromatic rings. The van der Waals surface area contributed by atoms with E-state index in [1.54, 1.807) is 0 Å². The van der Waals surface area contributed by atoms with Gasteiger partial charge in [-0.2, -0.15) is 0 Å². The quantitative estimate of drug-likeness (QED) is 0.427. The normalized spacial score (nSPS) is 10.3. The molecule has 0 heterocycles. The zero-order valence-corrected chi connectivity index (χ0v) is 10.9. The summed E-state index contributed by atoms with van der Waals surface area (Å²) in [7, 11) is 0. The number of rotatable bonds is 6. The van der Waals surface area contributed by atoms with Gasteiger partial charge < -0.3 is 4.74 Å². The summed E-state index contributed by atoms with van der Waals surface area (Å²) in [5.41, 5.74) is 5.29. The Kier molecular flexibility index (Phi) is 5.11. The monoisotopic (exact) mass is 232 g/mol. The number of aldehydes is 1. The fourth-order valence-electron chi connectivity index (χ4n) is 1.76. The molecule has 0 aliphatic carbocycles. The maximum absolute atomic E-state index is 11.0. The first kappa shape index (κ1) is 13.7. The van der Waals surface area contributed by atoms with Gasteiger partial charge in [-0.15, -0.1) is 0 Å². The van der Waals surface area contributed by atoms with Gasteiger partial charge in [0.15, 0.2) is 0 Å². The van der Waals surface area contributed by atoms with E-state index in [9.17, 15) is 4.79 Å². The summed E-state index contributed by atoms with van der Waals surface area (Å²) < 4.78 is 5.48. The largest absolute Gasteiger partial charge is 0.377 e. The number of hydrogen-bond acceptors (Lipinski definition) is 2. The van der Waals surface area contributed by atoms with Crippen molar-refractivity contribution < 1.29 is 9.53 Å². The van der Waals surface area contributed by atoms with Crippen molar-refractivity contribution in [3.63, 3.8) is 0 Å². The summed E-state index contributed by atoms with van der Waals surface area (Å²) in [4.78, 5) is 11.0. The SMILES string of the molecule is C=C(C)COCCc1c(C=O)ccc(C)c1C. The highest BCUT2D eigenvalue weighted by Gasteiger charge is 2.07. The summed E-state index contributed by atoms with van der Waals surface area (Å²) in [5.74, 6) is 0. The van der Waals surface area contributed by atoms with Crippen LogP contribution in [-0.2, 0) is 11.2 Å². The van der Waals surface area contributed by atoms with Crippen LogP contribution in [0, 0.1) is 13.8 Å². The smallest absolute Gasteiger partial charge is 0.150 e. The van der Waals surface area contributed by atoms with Crippen LogP contribution in [0.2, 0.25) is 0 Å². The topological polar surface area (TPSA) is 26.3 Å². The molecule has 0 unspecified atom stereocenters. The van der Waals surface area contributed by atoms with Crippen molar-refractivity contribution in [2.45, 2.75) is 27.2 Å². The second kappa shape index (κ2) is 6.36. The van der Waals surface area contributed by atoms with E-state index in [0.29, 0.717) is 13.2 Å². The first-order chi connectivity index (χ1) is 8.06. The van der Waals surface area contributed by atoms with Crippen LogP contribution >= 0.6 is 0 Å². The van der Waals surface area contributed by atoms with Gasteiger partial charge in [-0.3, -0.25) is 4.79 Å². The van der Waals surface area contributed by atoms with Crippen molar-refractivity contribution in [2.24, 2.45) is 0 Å². The predicted octanol–water partition coefficient (Wildman–Crippen LogP) is 3.25. The van der Waals surface area contributed by atoms with Crippen LogP contribution in [0.15, 0.2) is 24.3 Å². The van der Waals surface area contributed by atoms with E-state index in [1.807, 2.05) is 19.1 Å². The van der Waals surface area contributed by atoms with Gasteiger partial charge in [0.05, 0.1) is 13.2 Å². The second-order valence-electron chi connectivity index (χ2n) is 4.45. The molecule has 0 saturated carbocycles. The number of ether oxygens (including phenoxy) is 1. The van der Waals surface area contributed by atoms with E-state index in [2.05, 4.69) is 20.4 Å². The molecule has 0 N–H and O–H groups in total. The van der Waals surface area contributed by atoms with Gasteiger partial charge in [-0.25, -0.2) is 0 Å². The Hall–Kier alpha value is -1.41. The molecule has 0 amide bonds. The summed E-state index contributed by atoms with van der Waals surface area (Å²) in [5, 5.41) is 0. The zero-order valence-electron chi connectivity index (χ0n) is 10.9. The standard InChI is InChI=1S/C15H20O2/c1-11(2)10-17-8-7-15-13(4)12(3)5-6-14(15)9-16/h5-6,9H,1,7-8,10H2,2-4H3. The number of carbonyl (C=O) groups is 1. The van der Waals surface area contributed by atoms with E-state index in [-0.39, 0.29) is 0 Å². The number of hydrogen-bond donors (Lipinski definition) is 0. The lowest BCUT2D eigenvalue weighted by molar-refractivity contribution is 0.112. The van der Waals surface area contributed by atoms with Crippen LogP contribution in [0.25, 0.3) is 0 Å². The molecule has 0 radical (unpaired) electrons. The minimum Gasteiger partial charge on any atom is -0.377 e. The van der Waals surface area contributed by atoms with Crippen molar-refractivity contribution in [1.29, 1.82) is 0 Å². The van der Waals surface area contributed by atoms with Gasteiger partial charge >= 0.3 is 0 Å².